The molecule has 0 amide bonds. The predicted molar refractivity (Wildman–Crippen MR) is 53.2 cm³/mol. The molecule has 0 atom stereocenters. The molecule has 0 aliphatic carbocycles. The van der Waals surface area contributed by atoms with Crippen LogP contribution >= 0.6 is 37.2 Å². The van der Waals surface area contributed by atoms with Gasteiger partial charge in [-0.3, -0.25) is 0 Å². The molecule has 0 bridgehead atoms. The van der Waals surface area contributed by atoms with E-state index >= 15 is 0 Å². The normalized spacial score (nSPS) is 10.4. The van der Waals surface area contributed by atoms with Gasteiger partial charge < -0.3 is 0 Å². The van der Waals surface area contributed by atoms with Crippen LogP contribution in [0.15, 0.2) is 0 Å². The summed E-state index contributed by atoms with van der Waals surface area (Å²) in [6.45, 7) is 4.46. The van der Waals surface area contributed by atoms with Crippen LogP contribution in [-0.4, -0.2) is 0 Å². The van der Waals surface area contributed by atoms with E-state index in [1.807, 2.05) is 0 Å². The number of hydrogen-bond donors (Lipinski definition) is 0. The predicted octanol–water partition coefficient (Wildman–Crippen LogP) is 5.34. The topological polar surface area (TPSA) is 0 Å². The third-order valence-electron chi connectivity index (χ3n) is 0.957. The van der Waals surface area contributed by atoms with Gasteiger partial charge in [0.25, 0.3) is 0 Å². The first kappa shape index (κ1) is 15.4. The first-order chi connectivity index (χ1) is 4.91. The second kappa shape index (κ2) is 9.96. The number of hydrogen-bond acceptors (Lipinski definition) is 0. The van der Waals surface area contributed by atoms with Crippen molar-refractivity contribution in [3.05, 3.63) is 0 Å². The molecule has 0 heterocycles. The Labute approximate surface area is 88.4 Å². The maximum atomic E-state index is 5.01. The SMILES string of the molecule is CCCCCC.[Cl][Ti]([Cl])([Cl])[Cl]. The summed E-state index contributed by atoms with van der Waals surface area (Å²) in [5.74, 6) is 0. The van der Waals surface area contributed by atoms with Crippen LogP contribution < -0.4 is 0 Å². The van der Waals surface area contributed by atoms with Gasteiger partial charge in [0.1, 0.15) is 0 Å². The Kier molecular flexibility index (Phi) is 13.9. The molecular formula is C6H14Cl4Ti. The van der Waals surface area contributed by atoms with Crippen LogP contribution in [0.25, 0.3) is 0 Å². The van der Waals surface area contributed by atoms with E-state index < -0.39 is 12.3 Å². The van der Waals surface area contributed by atoms with E-state index in [-0.39, 0.29) is 0 Å². The van der Waals surface area contributed by atoms with Crippen molar-refractivity contribution in [3.8, 4) is 0 Å². The van der Waals surface area contributed by atoms with Crippen LogP contribution in [0, 0.1) is 0 Å². The van der Waals surface area contributed by atoms with Gasteiger partial charge in [-0.15, -0.1) is 0 Å². The van der Waals surface area contributed by atoms with E-state index in [2.05, 4.69) is 13.8 Å². The molecule has 0 N–H and O–H groups in total. The van der Waals surface area contributed by atoms with Crippen LogP contribution in [0.4, 0.5) is 0 Å². The molecule has 0 saturated carbocycles. The fourth-order valence-corrected chi connectivity index (χ4v) is 0.500. The van der Waals surface area contributed by atoms with Crippen molar-refractivity contribution in [3.63, 3.8) is 0 Å². The van der Waals surface area contributed by atoms with Crippen LogP contribution in [0.3, 0.4) is 0 Å². The van der Waals surface area contributed by atoms with E-state index in [9.17, 15) is 0 Å². The van der Waals surface area contributed by atoms with Gasteiger partial charge in [0.05, 0.1) is 0 Å². The van der Waals surface area contributed by atoms with Crippen LogP contribution in [0.2, 0.25) is 0 Å². The Morgan fingerprint density at radius 2 is 1.00 bits per heavy atom. The van der Waals surface area contributed by atoms with Crippen molar-refractivity contribution in [2.24, 2.45) is 0 Å². The summed E-state index contributed by atoms with van der Waals surface area (Å²) in [6, 6.07) is 0. The molecule has 5 heteroatoms. The van der Waals surface area contributed by atoms with Gasteiger partial charge in [0.15, 0.2) is 0 Å². The fourth-order valence-electron chi connectivity index (χ4n) is 0.500. The van der Waals surface area contributed by atoms with Gasteiger partial charge in [-0.25, -0.2) is 0 Å². The number of halogens is 4. The average molecular weight is 276 g/mol. The van der Waals surface area contributed by atoms with Crippen molar-refractivity contribution >= 4 is 37.2 Å². The summed E-state index contributed by atoms with van der Waals surface area (Å²) < 4.78 is 0. The summed E-state index contributed by atoms with van der Waals surface area (Å²) in [5, 5.41) is 0. The Morgan fingerprint density at radius 1 is 0.818 bits per heavy atom. The molecule has 0 aromatic heterocycles. The van der Waals surface area contributed by atoms with Gasteiger partial charge >= 0.3 is 49.6 Å². The van der Waals surface area contributed by atoms with Crippen molar-refractivity contribution in [2.45, 2.75) is 39.5 Å². The van der Waals surface area contributed by atoms with Crippen LogP contribution in [0.5, 0.6) is 0 Å². The van der Waals surface area contributed by atoms with Crippen molar-refractivity contribution in [1.82, 2.24) is 0 Å². The molecule has 0 unspecified atom stereocenters. The molecule has 0 aromatic rings. The summed E-state index contributed by atoms with van der Waals surface area (Å²) >= 11 is -3.11. The maximum absolute atomic E-state index is 5.01. The van der Waals surface area contributed by atoms with E-state index in [4.69, 9.17) is 37.2 Å². The second-order valence-corrected chi connectivity index (χ2v) is 17.6. The monoisotopic (exact) mass is 274 g/mol. The molecule has 0 nitrogen and oxygen atoms in total. The van der Waals surface area contributed by atoms with Crippen molar-refractivity contribution in [1.29, 1.82) is 0 Å². The molecule has 0 aliphatic heterocycles. The minimum absolute atomic E-state index is 1.36. The zero-order valence-corrected chi connectivity index (χ0v) is 11.4. The van der Waals surface area contributed by atoms with E-state index in [1.54, 1.807) is 0 Å². The van der Waals surface area contributed by atoms with E-state index in [0.717, 1.165) is 0 Å². The van der Waals surface area contributed by atoms with Crippen molar-refractivity contribution < 1.29 is 12.3 Å². The van der Waals surface area contributed by atoms with E-state index in [0.29, 0.717) is 0 Å². The molecule has 70 valence electrons. The summed E-state index contributed by atoms with van der Waals surface area (Å²) in [4.78, 5) is 0. The standard InChI is InChI=1S/C6H14.4ClH.Ti/c1-3-5-6-4-2;;;;;/h3-6H2,1-2H3;4*1H;/q;;;;;+4/p-4. The number of rotatable bonds is 3. The second-order valence-electron chi connectivity index (χ2n) is 2.14. The minimum atomic E-state index is -3.11. The molecule has 11 heavy (non-hydrogen) atoms. The zero-order valence-electron chi connectivity index (χ0n) is 6.84. The van der Waals surface area contributed by atoms with Gasteiger partial charge in [-0.2, -0.15) is 0 Å². The third kappa shape index (κ3) is 48.7. The quantitative estimate of drug-likeness (QED) is 0.482. The van der Waals surface area contributed by atoms with Gasteiger partial charge in [0, 0.05) is 0 Å². The summed E-state index contributed by atoms with van der Waals surface area (Å²) in [6.07, 6.45) is 5.54. The molecular weight excluding hydrogens is 262 g/mol. The average Bonchev–Trinajstić information content (AvgIpc) is 1.79. The zero-order chi connectivity index (χ0) is 9.33. The van der Waals surface area contributed by atoms with Crippen LogP contribution in [0.1, 0.15) is 39.5 Å². The Balaban J connectivity index is 0. The molecule has 0 aliphatic rings. The molecule has 0 spiro atoms. The van der Waals surface area contributed by atoms with Crippen LogP contribution in [-0.2, 0) is 12.3 Å². The molecule has 0 saturated heterocycles. The first-order valence-electron chi connectivity index (χ1n) is 3.67. The Bertz CT molecular complexity index is 61.5. The molecule has 0 fully saturated rings. The number of unbranched alkanes of at least 4 members (excludes halogenated alkanes) is 3. The Hall–Kier alpha value is 1.87. The third-order valence-corrected chi connectivity index (χ3v) is 0.957. The Morgan fingerprint density at radius 3 is 1.09 bits per heavy atom. The first-order valence-corrected chi connectivity index (χ1v) is 12.3. The van der Waals surface area contributed by atoms with Gasteiger partial charge in [0.2, 0.25) is 0 Å². The molecule has 0 rings (SSSR count). The van der Waals surface area contributed by atoms with Crippen molar-refractivity contribution in [2.75, 3.05) is 0 Å². The van der Waals surface area contributed by atoms with Gasteiger partial charge in [-0.05, 0) is 0 Å². The summed E-state index contributed by atoms with van der Waals surface area (Å²) in [7, 11) is 20.1. The van der Waals surface area contributed by atoms with E-state index in [1.165, 1.54) is 25.7 Å². The summed E-state index contributed by atoms with van der Waals surface area (Å²) in [5.41, 5.74) is 0. The van der Waals surface area contributed by atoms with Gasteiger partial charge in [-0.1, -0.05) is 39.5 Å². The molecule has 0 radical (unpaired) electrons. The fraction of sp³-hybridized carbons (Fsp3) is 1.00. The molecule has 0 aromatic carbocycles.